The first-order valence-electron chi connectivity index (χ1n) is 8.50. The monoisotopic (exact) mass is 346 g/mol. The van der Waals surface area contributed by atoms with Crippen molar-refractivity contribution < 1.29 is 4.79 Å². The number of hydrogen-bond donors (Lipinski definition) is 1. The van der Waals surface area contributed by atoms with E-state index in [-0.39, 0.29) is 11.9 Å². The summed E-state index contributed by atoms with van der Waals surface area (Å²) in [6.07, 6.45) is 5.61. The highest BCUT2D eigenvalue weighted by Crippen LogP contribution is 2.21. The van der Waals surface area contributed by atoms with E-state index in [1.54, 1.807) is 12.3 Å². The number of rotatable bonds is 4. The predicted octanol–water partition coefficient (Wildman–Crippen LogP) is 1.94. The SMILES string of the molecule is O=C(NC1CCN(c2nccc(-c3ccccc3)n2)C1)c1ccnnc1. The van der Waals surface area contributed by atoms with Crippen LogP contribution in [0.4, 0.5) is 5.95 Å². The van der Waals surface area contributed by atoms with E-state index in [1.807, 2.05) is 36.4 Å². The Morgan fingerprint density at radius 3 is 2.77 bits per heavy atom. The third kappa shape index (κ3) is 3.51. The number of carbonyl (C=O) groups excluding carboxylic acids is 1. The lowest BCUT2D eigenvalue weighted by atomic mass is 10.1. The summed E-state index contributed by atoms with van der Waals surface area (Å²) in [5.74, 6) is 0.555. The minimum Gasteiger partial charge on any atom is -0.347 e. The minimum absolute atomic E-state index is 0.0552. The molecule has 3 heterocycles. The summed E-state index contributed by atoms with van der Waals surface area (Å²) in [5.41, 5.74) is 2.47. The maximum Gasteiger partial charge on any atom is 0.253 e. The first kappa shape index (κ1) is 16.1. The Bertz CT molecular complexity index is 887. The van der Waals surface area contributed by atoms with Gasteiger partial charge in [-0.15, -0.1) is 0 Å². The molecule has 26 heavy (non-hydrogen) atoms. The second-order valence-corrected chi connectivity index (χ2v) is 6.14. The van der Waals surface area contributed by atoms with E-state index in [1.165, 1.54) is 12.4 Å². The van der Waals surface area contributed by atoms with Gasteiger partial charge in [0.1, 0.15) is 0 Å². The van der Waals surface area contributed by atoms with Gasteiger partial charge < -0.3 is 10.2 Å². The molecule has 130 valence electrons. The number of nitrogens with zero attached hydrogens (tertiary/aromatic N) is 5. The molecule has 1 saturated heterocycles. The highest BCUT2D eigenvalue weighted by Gasteiger charge is 2.26. The summed E-state index contributed by atoms with van der Waals surface area (Å²) >= 11 is 0. The lowest BCUT2D eigenvalue weighted by Crippen LogP contribution is -2.37. The number of anilines is 1. The second-order valence-electron chi connectivity index (χ2n) is 6.14. The highest BCUT2D eigenvalue weighted by atomic mass is 16.1. The van der Waals surface area contributed by atoms with Gasteiger partial charge in [-0.2, -0.15) is 10.2 Å². The molecule has 0 spiro atoms. The maximum absolute atomic E-state index is 12.3. The van der Waals surface area contributed by atoms with Crippen LogP contribution in [-0.2, 0) is 0 Å². The van der Waals surface area contributed by atoms with E-state index in [9.17, 15) is 4.79 Å². The summed E-state index contributed by atoms with van der Waals surface area (Å²) in [6.45, 7) is 1.49. The van der Waals surface area contributed by atoms with Crippen molar-refractivity contribution >= 4 is 11.9 Å². The molecule has 7 heteroatoms. The zero-order valence-corrected chi connectivity index (χ0v) is 14.1. The Morgan fingerprint density at radius 2 is 1.96 bits per heavy atom. The molecule has 2 aromatic heterocycles. The van der Waals surface area contributed by atoms with Crippen LogP contribution in [0.1, 0.15) is 16.8 Å². The number of aromatic nitrogens is 4. The van der Waals surface area contributed by atoms with E-state index in [2.05, 4.69) is 30.4 Å². The quantitative estimate of drug-likeness (QED) is 0.777. The fourth-order valence-corrected chi connectivity index (χ4v) is 3.02. The molecule has 1 amide bonds. The molecule has 4 rings (SSSR count). The summed E-state index contributed by atoms with van der Waals surface area (Å²) in [7, 11) is 0. The molecular weight excluding hydrogens is 328 g/mol. The van der Waals surface area contributed by atoms with E-state index >= 15 is 0 Å². The smallest absolute Gasteiger partial charge is 0.253 e. The number of hydrogen-bond acceptors (Lipinski definition) is 6. The van der Waals surface area contributed by atoms with E-state index in [4.69, 9.17) is 0 Å². The average molecular weight is 346 g/mol. The van der Waals surface area contributed by atoms with E-state index < -0.39 is 0 Å². The standard InChI is InChI=1S/C19H18N6O/c26-18(15-6-10-21-22-12-15)23-16-8-11-25(13-16)19-20-9-7-17(24-19)14-4-2-1-3-5-14/h1-7,9-10,12,16H,8,11,13H2,(H,23,26). The Balaban J connectivity index is 1.43. The summed E-state index contributed by atoms with van der Waals surface area (Å²) in [4.78, 5) is 23.4. The highest BCUT2D eigenvalue weighted by molar-refractivity contribution is 5.94. The van der Waals surface area contributed by atoms with Crippen LogP contribution in [0, 0.1) is 0 Å². The van der Waals surface area contributed by atoms with Crippen LogP contribution in [0.25, 0.3) is 11.3 Å². The minimum atomic E-state index is -0.134. The molecule has 0 saturated carbocycles. The van der Waals surface area contributed by atoms with Crippen LogP contribution < -0.4 is 10.2 Å². The molecule has 1 fully saturated rings. The molecular formula is C19H18N6O. The fraction of sp³-hybridized carbons (Fsp3) is 0.211. The van der Waals surface area contributed by atoms with Crippen molar-refractivity contribution in [2.45, 2.75) is 12.5 Å². The summed E-state index contributed by atoms with van der Waals surface area (Å²) < 4.78 is 0. The van der Waals surface area contributed by atoms with Crippen molar-refractivity contribution in [2.75, 3.05) is 18.0 Å². The summed E-state index contributed by atoms with van der Waals surface area (Å²) in [5, 5.41) is 10.5. The number of amides is 1. The van der Waals surface area contributed by atoms with Crippen molar-refractivity contribution in [3.8, 4) is 11.3 Å². The molecule has 1 aromatic carbocycles. The molecule has 3 aromatic rings. The normalized spacial score (nSPS) is 16.5. The fourth-order valence-electron chi connectivity index (χ4n) is 3.02. The van der Waals surface area contributed by atoms with Gasteiger partial charge in [0.05, 0.1) is 23.7 Å². The Labute approximate surface area is 151 Å². The molecule has 1 aliphatic heterocycles. The zero-order valence-electron chi connectivity index (χ0n) is 14.1. The molecule has 1 atom stereocenters. The van der Waals surface area contributed by atoms with Crippen molar-refractivity contribution in [3.05, 3.63) is 66.6 Å². The number of carbonyl (C=O) groups is 1. The first-order valence-corrected chi connectivity index (χ1v) is 8.50. The van der Waals surface area contributed by atoms with Gasteiger partial charge in [0.15, 0.2) is 0 Å². The topological polar surface area (TPSA) is 83.9 Å². The van der Waals surface area contributed by atoms with Gasteiger partial charge in [-0.05, 0) is 18.6 Å². The van der Waals surface area contributed by atoms with Crippen LogP contribution in [0.5, 0.6) is 0 Å². The van der Waals surface area contributed by atoms with Gasteiger partial charge in [0.25, 0.3) is 5.91 Å². The molecule has 7 nitrogen and oxygen atoms in total. The van der Waals surface area contributed by atoms with E-state index in [0.717, 1.165) is 24.2 Å². The Kier molecular flexibility index (Phi) is 4.51. The molecule has 0 aliphatic carbocycles. The maximum atomic E-state index is 12.3. The Morgan fingerprint density at radius 1 is 1.08 bits per heavy atom. The third-order valence-electron chi connectivity index (χ3n) is 4.37. The van der Waals surface area contributed by atoms with Gasteiger partial charge >= 0.3 is 0 Å². The van der Waals surface area contributed by atoms with E-state index in [0.29, 0.717) is 18.1 Å². The molecule has 0 bridgehead atoms. The third-order valence-corrected chi connectivity index (χ3v) is 4.37. The molecule has 1 N–H and O–H groups in total. The summed E-state index contributed by atoms with van der Waals surface area (Å²) in [6, 6.07) is 13.6. The number of benzene rings is 1. The predicted molar refractivity (Wildman–Crippen MR) is 97.6 cm³/mol. The van der Waals surface area contributed by atoms with Gasteiger partial charge in [-0.3, -0.25) is 4.79 Å². The second kappa shape index (κ2) is 7.26. The first-order chi connectivity index (χ1) is 12.8. The van der Waals surface area contributed by atoms with Crippen LogP contribution in [-0.4, -0.2) is 45.2 Å². The van der Waals surface area contributed by atoms with Gasteiger partial charge in [0.2, 0.25) is 5.95 Å². The molecule has 1 unspecified atom stereocenters. The Hall–Kier alpha value is -3.35. The molecule has 1 aliphatic rings. The van der Waals surface area contributed by atoms with Gasteiger partial charge in [-0.1, -0.05) is 30.3 Å². The van der Waals surface area contributed by atoms with Crippen molar-refractivity contribution in [3.63, 3.8) is 0 Å². The molecule has 0 radical (unpaired) electrons. The largest absolute Gasteiger partial charge is 0.347 e. The lowest BCUT2D eigenvalue weighted by molar-refractivity contribution is 0.0940. The zero-order chi connectivity index (χ0) is 17.8. The van der Waals surface area contributed by atoms with Crippen LogP contribution in [0.2, 0.25) is 0 Å². The number of nitrogens with one attached hydrogen (secondary N) is 1. The van der Waals surface area contributed by atoms with Crippen LogP contribution >= 0.6 is 0 Å². The van der Waals surface area contributed by atoms with Crippen molar-refractivity contribution in [2.24, 2.45) is 0 Å². The van der Waals surface area contributed by atoms with Gasteiger partial charge in [-0.25, -0.2) is 9.97 Å². The van der Waals surface area contributed by atoms with Crippen molar-refractivity contribution in [1.82, 2.24) is 25.5 Å². The lowest BCUT2D eigenvalue weighted by Gasteiger charge is -2.17. The van der Waals surface area contributed by atoms with Crippen LogP contribution in [0.15, 0.2) is 61.1 Å². The van der Waals surface area contributed by atoms with Crippen LogP contribution in [0.3, 0.4) is 0 Å². The van der Waals surface area contributed by atoms with Crippen molar-refractivity contribution in [1.29, 1.82) is 0 Å². The van der Waals surface area contributed by atoms with Gasteiger partial charge in [0, 0.05) is 30.9 Å². The average Bonchev–Trinajstić information content (AvgIpc) is 3.18.